The number of para-hydroxylation sites is 2. The predicted molar refractivity (Wildman–Crippen MR) is 259 cm³/mol. The van der Waals surface area contributed by atoms with Crippen molar-refractivity contribution >= 4 is 68.6 Å². The highest BCUT2D eigenvalue weighted by molar-refractivity contribution is 7.00. The van der Waals surface area contributed by atoms with Crippen LogP contribution in [0.1, 0.15) is 124 Å². The van der Waals surface area contributed by atoms with Crippen LogP contribution in [0, 0.1) is 0 Å². The van der Waals surface area contributed by atoms with E-state index >= 15 is 0 Å². The van der Waals surface area contributed by atoms with E-state index < -0.39 is 0 Å². The molecule has 4 aliphatic rings. The van der Waals surface area contributed by atoms with Gasteiger partial charge in [0.05, 0.1) is 5.54 Å². The highest BCUT2D eigenvalue weighted by Crippen LogP contribution is 2.62. The van der Waals surface area contributed by atoms with Gasteiger partial charge in [0.15, 0.2) is 0 Å². The fourth-order valence-corrected chi connectivity index (χ4v) is 11.4. The summed E-state index contributed by atoms with van der Waals surface area (Å²) in [6.07, 6.45) is 4.85. The lowest BCUT2D eigenvalue weighted by molar-refractivity contribution is 0.195. The molecule has 3 aliphatic heterocycles. The Morgan fingerprint density at radius 1 is 0.450 bits per heavy atom. The molecular weight excluding hydrogens is 725 g/mol. The number of rotatable bonds is 3. The van der Waals surface area contributed by atoms with Crippen molar-refractivity contribution in [2.45, 2.75) is 129 Å². The van der Waals surface area contributed by atoms with Crippen LogP contribution in [-0.4, -0.2) is 12.3 Å². The van der Waals surface area contributed by atoms with Gasteiger partial charge >= 0.3 is 0 Å². The fourth-order valence-electron chi connectivity index (χ4n) is 11.4. The first kappa shape index (κ1) is 39.0. The van der Waals surface area contributed by atoms with Gasteiger partial charge in [0, 0.05) is 50.9 Å². The molecule has 1 aliphatic carbocycles. The summed E-state index contributed by atoms with van der Waals surface area (Å²) in [4.78, 5) is 7.96. The highest BCUT2D eigenvalue weighted by Gasteiger charge is 2.58. The van der Waals surface area contributed by atoms with Gasteiger partial charge in [-0.25, -0.2) is 0 Å². The van der Waals surface area contributed by atoms with Crippen molar-refractivity contribution in [3.8, 4) is 0 Å². The minimum Gasteiger partial charge on any atom is -0.334 e. The molecule has 0 spiro atoms. The van der Waals surface area contributed by atoms with Crippen LogP contribution >= 0.6 is 0 Å². The zero-order valence-corrected chi connectivity index (χ0v) is 37.9. The summed E-state index contributed by atoms with van der Waals surface area (Å²) in [6.45, 7) is 26.3. The van der Waals surface area contributed by atoms with E-state index in [0.717, 1.165) is 6.42 Å². The number of hydrogen-bond acceptors (Lipinski definition) is 3. The van der Waals surface area contributed by atoms with E-state index in [0.29, 0.717) is 0 Å². The Morgan fingerprint density at radius 2 is 0.967 bits per heavy atom. The van der Waals surface area contributed by atoms with Gasteiger partial charge in [0.2, 0.25) is 0 Å². The molecule has 0 N–H and O–H groups in total. The van der Waals surface area contributed by atoms with E-state index in [-0.39, 0.29) is 33.9 Å². The second kappa shape index (κ2) is 13.1. The summed E-state index contributed by atoms with van der Waals surface area (Å²) in [6, 6.07) is 49.7. The van der Waals surface area contributed by atoms with Crippen LogP contribution < -0.4 is 31.1 Å². The summed E-state index contributed by atoms with van der Waals surface area (Å²) in [5.41, 5.74) is 19.9. The maximum atomic E-state index is 2.79. The van der Waals surface area contributed by atoms with Gasteiger partial charge in [-0.05, 0) is 129 Å². The minimum atomic E-state index is -0.0953. The van der Waals surface area contributed by atoms with Gasteiger partial charge in [-0.3, -0.25) is 0 Å². The molecule has 60 heavy (non-hydrogen) atoms. The molecule has 6 aromatic carbocycles. The molecule has 0 radical (unpaired) electrons. The smallest absolute Gasteiger partial charge is 0.252 e. The van der Waals surface area contributed by atoms with Crippen LogP contribution in [0.15, 0.2) is 127 Å². The third kappa shape index (κ3) is 5.69. The second-order valence-electron chi connectivity index (χ2n) is 21.8. The molecule has 4 heteroatoms. The average Bonchev–Trinajstić information content (AvgIpc) is 3.42. The number of hydrogen-bond donors (Lipinski definition) is 0. The van der Waals surface area contributed by atoms with E-state index in [4.69, 9.17) is 0 Å². The van der Waals surface area contributed by atoms with Gasteiger partial charge in [-0.15, -0.1) is 0 Å². The monoisotopic (exact) mass is 788 g/mol. The first-order chi connectivity index (χ1) is 28.4. The van der Waals surface area contributed by atoms with Crippen molar-refractivity contribution < 1.29 is 0 Å². The standard InChI is InChI=1S/C56H62BN3/c1-52(2,3)37-23-27-41(28-24-37)59-48-30-26-39(54(7,8)9)34-45(48)57-44-21-15-16-22-47(44)58(40-19-13-12-14-20-40)49-35-42(36-50(59)51(49)57)60-46-29-25-38(53(4,5)6)33-43(46)55(10)31-17-18-32-56(55,60)11/h12-16,19-30,33-36H,17-18,31-32H2,1-11H3. The van der Waals surface area contributed by atoms with Crippen molar-refractivity contribution in [1.82, 2.24) is 0 Å². The van der Waals surface area contributed by atoms with Gasteiger partial charge in [0.25, 0.3) is 6.71 Å². The first-order valence-electron chi connectivity index (χ1n) is 22.5. The van der Waals surface area contributed by atoms with E-state index in [2.05, 4.69) is 218 Å². The molecule has 3 nitrogen and oxygen atoms in total. The van der Waals surface area contributed by atoms with Crippen molar-refractivity contribution in [3.63, 3.8) is 0 Å². The Kier molecular flexibility index (Phi) is 8.53. The first-order valence-corrected chi connectivity index (χ1v) is 22.5. The summed E-state index contributed by atoms with van der Waals surface area (Å²) < 4.78 is 0. The topological polar surface area (TPSA) is 9.72 Å². The van der Waals surface area contributed by atoms with Crippen LogP contribution in [0.25, 0.3) is 0 Å². The second-order valence-corrected chi connectivity index (χ2v) is 21.8. The Bertz CT molecular complexity index is 2660. The maximum absolute atomic E-state index is 2.79. The number of fused-ring (bicyclic) bond motifs is 7. The number of anilines is 8. The van der Waals surface area contributed by atoms with Gasteiger partial charge in [-0.1, -0.05) is 155 Å². The molecule has 3 heterocycles. The summed E-state index contributed by atoms with van der Waals surface area (Å²) >= 11 is 0. The zero-order valence-electron chi connectivity index (χ0n) is 37.9. The molecular formula is C56H62BN3. The van der Waals surface area contributed by atoms with E-state index in [1.54, 1.807) is 0 Å². The fraction of sp³-hybridized carbons (Fsp3) is 0.357. The summed E-state index contributed by atoms with van der Waals surface area (Å²) in [5.74, 6) is 0. The van der Waals surface area contributed by atoms with Gasteiger partial charge in [-0.2, -0.15) is 0 Å². The molecule has 0 saturated heterocycles. The van der Waals surface area contributed by atoms with Crippen molar-refractivity contribution in [2.24, 2.45) is 0 Å². The molecule has 10 rings (SSSR count). The quantitative estimate of drug-likeness (QED) is 0.165. The lowest BCUT2D eigenvalue weighted by Crippen LogP contribution is -2.61. The normalized spacial score (nSPS) is 20.6. The Labute approximate surface area is 360 Å². The van der Waals surface area contributed by atoms with Crippen molar-refractivity contribution in [2.75, 3.05) is 14.7 Å². The lowest BCUT2D eigenvalue weighted by atomic mass is 9.33. The van der Waals surface area contributed by atoms with Gasteiger partial charge < -0.3 is 14.7 Å². The third-order valence-corrected chi connectivity index (χ3v) is 15.1. The van der Waals surface area contributed by atoms with Crippen molar-refractivity contribution in [1.29, 1.82) is 0 Å². The van der Waals surface area contributed by atoms with Crippen LogP contribution in [0.2, 0.25) is 0 Å². The maximum Gasteiger partial charge on any atom is 0.252 e. The molecule has 1 fully saturated rings. The molecule has 2 unspecified atom stereocenters. The average molecular weight is 788 g/mol. The van der Waals surface area contributed by atoms with E-state index in [9.17, 15) is 0 Å². The van der Waals surface area contributed by atoms with E-state index in [1.165, 1.54) is 103 Å². The Hall–Kier alpha value is -5.22. The molecule has 0 aromatic heterocycles. The number of benzene rings is 6. The largest absolute Gasteiger partial charge is 0.334 e. The Morgan fingerprint density at radius 3 is 1.60 bits per heavy atom. The van der Waals surface area contributed by atoms with Gasteiger partial charge in [0.1, 0.15) is 0 Å². The number of nitrogens with zero attached hydrogens (tertiary/aromatic N) is 3. The molecule has 0 amide bonds. The molecule has 6 aromatic rings. The third-order valence-electron chi connectivity index (χ3n) is 15.1. The predicted octanol–water partition coefficient (Wildman–Crippen LogP) is 13.4. The van der Waals surface area contributed by atoms with Crippen LogP contribution in [-0.2, 0) is 21.7 Å². The minimum absolute atomic E-state index is 0.00350. The zero-order chi connectivity index (χ0) is 42.1. The Balaban J connectivity index is 1.31. The van der Waals surface area contributed by atoms with Crippen molar-refractivity contribution in [3.05, 3.63) is 150 Å². The lowest BCUT2D eigenvalue weighted by Gasteiger charge is -2.51. The SMILES string of the molecule is CC(C)(C)c1ccc(N2c3ccc(C(C)(C)C)cc3B3c4ccccc4N(c4ccccc4)c4cc(N5c6ccc(C(C)(C)C)cc6C6(C)CCCCC56C)cc2c43)cc1. The van der Waals surface area contributed by atoms with Crippen LogP contribution in [0.5, 0.6) is 0 Å². The molecule has 0 bridgehead atoms. The van der Waals surface area contributed by atoms with Crippen LogP contribution in [0.3, 0.4) is 0 Å². The van der Waals surface area contributed by atoms with E-state index in [1.807, 2.05) is 0 Å². The highest BCUT2D eigenvalue weighted by atomic mass is 15.3. The van der Waals surface area contributed by atoms with Crippen LogP contribution in [0.4, 0.5) is 45.5 Å². The molecule has 1 saturated carbocycles. The summed E-state index contributed by atoms with van der Waals surface area (Å²) in [5, 5.41) is 0. The molecule has 304 valence electrons. The molecule has 2 atom stereocenters. The summed E-state index contributed by atoms with van der Waals surface area (Å²) in [7, 11) is 0.